The average Bonchev–Trinajstić information content (AvgIpc) is 3.43. The molecule has 0 bridgehead atoms. The number of sulfonamides is 1. The lowest BCUT2D eigenvalue weighted by Gasteiger charge is -2.25. The van der Waals surface area contributed by atoms with Gasteiger partial charge in [0.2, 0.25) is 21.8 Å². The van der Waals surface area contributed by atoms with Gasteiger partial charge in [0, 0.05) is 52.5 Å². The summed E-state index contributed by atoms with van der Waals surface area (Å²) in [5.41, 5.74) is 13.4. The molecule has 0 unspecified atom stereocenters. The molecule has 48 heavy (non-hydrogen) atoms. The molecule has 5 rings (SSSR count). The van der Waals surface area contributed by atoms with Gasteiger partial charge in [0.25, 0.3) is 0 Å². The summed E-state index contributed by atoms with van der Waals surface area (Å²) in [6.45, 7) is 9.06. The van der Waals surface area contributed by atoms with Crippen molar-refractivity contribution in [1.82, 2.24) is 24.2 Å². The minimum absolute atomic E-state index is 0. The Bertz CT molecular complexity index is 1890. The number of ether oxygens (including phenoxy) is 1. The molecule has 1 aliphatic heterocycles. The van der Waals surface area contributed by atoms with Crippen molar-refractivity contribution in [3.63, 3.8) is 0 Å². The van der Waals surface area contributed by atoms with Crippen molar-refractivity contribution in [1.29, 1.82) is 5.53 Å². The zero-order valence-electron chi connectivity index (χ0n) is 27.9. The number of nitrogens with one attached hydrogen (secondary N) is 3. The number of pyridine rings is 1. The Morgan fingerprint density at radius 2 is 1.96 bits per heavy atom. The van der Waals surface area contributed by atoms with Gasteiger partial charge in [0.1, 0.15) is 22.5 Å². The van der Waals surface area contributed by atoms with Crippen molar-refractivity contribution in [2.75, 3.05) is 18.4 Å². The molecule has 2 aromatic heterocycles. The Labute approximate surface area is 300 Å². The Morgan fingerprint density at radius 1 is 1.17 bits per heavy atom. The minimum Gasteiger partial charge on any atom is -0.472 e. The van der Waals surface area contributed by atoms with Crippen molar-refractivity contribution in [3.8, 4) is 5.88 Å². The Morgan fingerprint density at radius 3 is 2.65 bits per heavy atom. The van der Waals surface area contributed by atoms with E-state index in [0.717, 1.165) is 39.3 Å². The van der Waals surface area contributed by atoms with E-state index in [9.17, 15) is 13.2 Å². The third kappa shape index (κ3) is 7.87. The zero-order chi connectivity index (χ0) is 33.7. The standard InChI is InChI=1S/C34H42N8O4S.HI.H2/c1-6-26-21-42(47(44,45)30-9-8-14-38-34(30)46-26)20-25-17-24(11-10-22(25)3)28(18-32(43)39-19-31-37-15-16-41(31)5)27-12-13-29(36-7-2)33(40-35)23(27)4;;/h8-17,26,28,35-36H,6-7,18-21H2,1-5H3,(H,39,43);2*1H/t26-,28+;;/m1../s1. The van der Waals surface area contributed by atoms with Crippen LogP contribution < -0.4 is 15.4 Å². The van der Waals surface area contributed by atoms with Gasteiger partial charge in [-0.3, -0.25) is 4.79 Å². The molecule has 3 N–H and O–H groups in total. The van der Waals surface area contributed by atoms with Crippen molar-refractivity contribution in [2.45, 2.75) is 70.5 Å². The van der Waals surface area contributed by atoms with Gasteiger partial charge < -0.3 is 19.9 Å². The molecule has 2 aromatic carbocycles. The molecule has 1 amide bonds. The number of hydrogen-bond acceptors (Lipinski definition) is 9. The molecule has 0 saturated carbocycles. The number of nitrogens with zero attached hydrogens (tertiary/aromatic N) is 5. The number of imidazole rings is 1. The van der Waals surface area contributed by atoms with Crippen LogP contribution in [0.15, 0.2) is 71.1 Å². The van der Waals surface area contributed by atoms with Crippen LogP contribution in [0.25, 0.3) is 0 Å². The van der Waals surface area contributed by atoms with Crippen LogP contribution >= 0.6 is 24.0 Å². The summed E-state index contributed by atoms with van der Waals surface area (Å²) in [7, 11) is -2.03. The zero-order valence-corrected chi connectivity index (χ0v) is 31.0. The number of benzene rings is 2. The van der Waals surface area contributed by atoms with E-state index in [1.807, 2.05) is 75.8 Å². The minimum atomic E-state index is -3.91. The molecular formula is C34H45IN8O4S. The van der Waals surface area contributed by atoms with E-state index in [-0.39, 0.29) is 74.2 Å². The number of carbonyl (C=O) groups excluding carboxylic acids is 1. The smallest absolute Gasteiger partial charge is 0.248 e. The second kappa shape index (κ2) is 16.0. The van der Waals surface area contributed by atoms with Crippen LogP contribution in [0.4, 0.5) is 11.4 Å². The van der Waals surface area contributed by atoms with E-state index in [4.69, 9.17) is 10.3 Å². The largest absolute Gasteiger partial charge is 0.472 e. The fourth-order valence-corrected chi connectivity index (χ4v) is 7.45. The fourth-order valence-electron chi connectivity index (χ4n) is 5.93. The topological polar surface area (TPSA) is 155 Å². The maximum atomic E-state index is 13.9. The summed E-state index contributed by atoms with van der Waals surface area (Å²) in [4.78, 5) is 22.1. The van der Waals surface area contributed by atoms with Crippen molar-refractivity contribution >= 4 is 51.3 Å². The van der Waals surface area contributed by atoms with E-state index in [0.29, 0.717) is 18.7 Å². The third-order valence-electron chi connectivity index (χ3n) is 8.70. The SMILES string of the molecule is CCNc1ccc([C@@H](CC(=O)NCc2nccn2C)c2ccc(C)c(CN3C[C@@H](CC)Oc4ncccc4S3(=O)=O)c2)c(C)c1N=N.I.[HH]. The number of hydrogen-bond donors (Lipinski definition) is 3. The van der Waals surface area contributed by atoms with Crippen LogP contribution in [0.3, 0.4) is 0 Å². The van der Waals surface area contributed by atoms with Crippen molar-refractivity contribution < 1.29 is 19.4 Å². The predicted octanol–water partition coefficient (Wildman–Crippen LogP) is 6.59. The number of fused-ring (bicyclic) bond motifs is 1. The normalized spacial score (nSPS) is 16.1. The highest BCUT2D eigenvalue weighted by Crippen LogP contribution is 2.39. The van der Waals surface area contributed by atoms with Gasteiger partial charge in [0.05, 0.1) is 18.8 Å². The maximum Gasteiger partial charge on any atom is 0.248 e. The summed E-state index contributed by atoms with van der Waals surface area (Å²) in [6.07, 6.45) is 5.43. The lowest BCUT2D eigenvalue weighted by atomic mass is 9.83. The van der Waals surface area contributed by atoms with Crippen molar-refractivity contribution in [2.24, 2.45) is 12.2 Å². The van der Waals surface area contributed by atoms with E-state index < -0.39 is 15.9 Å². The summed E-state index contributed by atoms with van der Waals surface area (Å²) in [5.74, 6) is 0.292. The van der Waals surface area contributed by atoms with E-state index >= 15 is 0 Å². The first kappa shape index (κ1) is 36.9. The number of anilines is 1. The first-order valence-corrected chi connectivity index (χ1v) is 17.2. The van der Waals surface area contributed by atoms with Crippen LogP contribution in [-0.2, 0) is 35.0 Å². The van der Waals surface area contributed by atoms with Gasteiger partial charge >= 0.3 is 0 Å². The van der Waals surface area contributed by atoms with Gasteiger partial charge in [-0.05, 0) is 73.2 Å². The highest BCUT2D eigenvalue weighted by molar-refractivity contribution is 14.0. The molecular weight excluding hydrogens is 743 g/mol. The molecule has 0 aliphatic carbocycles. The average molecular weight is 789 g/mol. The summed E-state index contributed by atoms with van der Waals surface area (Å²) in [6, 6.07) is 12.9. The monoisotopic (exact) mass is 788 g/mol. The van der Waals surface area contributed by atoms with Crippen molar-refractivity contribution in [3.05, 3.63) is 94.7 Å². The second-order valence-electron chi connectivity index (χ2n) is 11.7. The van der Waals surface area contributed by atoms with E-state index in [1.165, 1.54) is 16.6 Å². The number of aryl methyl sites for hydroxylation is 2. The molecule has 4 aromatic rings. The lowest BCUT2D eigenvalue weighted by molar-refractivity contribution is -0.121. The molecule has 2 atom stereocenters. The van der Waals surface area contributed by atoms with Gasteiger partial charge in [-0.25, -0.2) is 23.9 Å². The summed E-state index contributed by atoms with van der Waals surface area (Å²) >= 11 is 0. The van der Waals surface area contributed by atoms with Crippen LogP contribution in [0.2, 0.25) is 0 Å². The van der Waals surface area contributed by atoms with Gasteiger partial charge in [-0.1, -0.05) is 31.2 Å². The molecule has 14 heteroatoms. The van der Waals surface area contributed by atoms with Gasteiger partial charge in [0.15, 0.2) is 0 Å². The fraction of sp³-hybridized carbons (Fsp3) is 0.382. The second-order valence-corrected chi connectivity index (χ2v) is 13.7. The molecule has 1 aliphatic rings. The molecule has 0 saturated heterocycles. The number of amides is 1. The lowest BCUT2D eigenvalue weighted by Crippen LogP contribution is -2.36. The number of carbonyl (C=O) groups is 1. The molecule has 0 spiro atoms. The Balaban J connectivity index is 0.00000325. The number of aromatic nitrogens is 3. The van der Waals surface area contributed by atoms with Crippen LogP contribution in [0.1, 0.15) is 67.7 Å². The van der Waals surface area contributed by atoms with E-state index in [2.05, 4.69) is 25.7 Å². The maximum absolute atomic E-state index is 13.9. The first-order valence-electron chi connectivity index (χ1n) is 15.8. The van der Waals surface area contributed by atoms with Gasteiger partial charge in [-0.15, -0.1) is 24.0 Å². The molecule has 12 nitrogen and oxygen atoms in total. The summed E-state index contributed by atoms with van der Waals surface area (Å²) in [5, 5.41) is 10.1. The molecule has 258 valence electrons. The molecule has 0 fully saturated rings. The number of halogens is 1. The van der Waals surface area contributed by atoms with Crippen LogP contribution in [0, 0.1) is 19.4 Å². The highest BCUT2D eigenvalue weighted by atomic mass is 127. The van der Waals surface area contributed by atoms with Gasteiger partial charge in [-0.2, -0.15) is 9.42 Å². The quantitative estimate of drug-likeness (QED) is 0.108. The van der Waals surface area contributed by atoms with Crippen LogP contribution in [-0.4, -0.2) is 52.4 Å². The molecule has 0 radical (unpaired) electrons. The van der Waals surface area contributed by atoms with E-state index in [1.54, 1.807) is 12.3 Å². The summed E-state index contributed by atoms with van der Waals surface area (Å²) < 4.78 is 37.1. The Hall–Kier alpha value is -3.89. The van der Waals surface area contributed by atoms with Crippen LogP contribution in [0.5, 0.6) is 5.88 Å². The predicted molar refractivity (Wildman–Crippen MR) is 197 cm³/mol. The first-order chi connectivity index (χ1) is 22.6. The highest BCUT2D eigenvalue weighted by Gasteiger charge is 2.35. The third-order valence-corrected chi connectivity index (χ3v) is 10.5. The molecule has 3 heterocycles. The number of rotatable bonds is 12. The Kier molecular flexibility index (Phi) is 12.3.